The topological polar surface area (TPSA) is 104 Å². The van der Waals surface area contributed by atoms with Gasteiger partial charge in [0.15, 0.2) is 0 Å². The first-order valence-corrected chi connectivity index (χ1v) is 10.1. The molecule has 0 radical (unpaired) electrons. The number of carboxylic acid groups (broad SMARTS) is 2. The van der Waals surface area contributed by atoms with Crippen LogP contribution in [-0.4, -0.2) is 52.0 Å². The van der Waals surface area contributed by atoms with Crippen LogP contribution in [0.1, 0.15) is 20.7 Å². The second kappa shape index (κ2) is 8.85. The van der Waals surface area contributed by atoms with E-state index in [1.165, 1.54) is 22.6 Å². The van der Waals surface area contributed by atoms with Gasteiger partial charge in [0.1, 0.15) is 0 Å². The summed E-state index contributed by atoms with van der Waals surface area (Å²) in [6.07, 6.45) is -7.15. The quantitative estimate of drug-likeness (QED) is 0.268. The van der Waals surface area contributed by atoms with Gasteiger partial charge in [-0.05, 0) is 67.8 Å². The van der Waals surface area contributed by atoms with E-state index in [1.807, 2.05) is 0 Å². The van der Waals surface area contributed by atoms with Crippen molar-refractivity contribution in [3.05, 3.63) is 21.8 Å². The molecule has 0 aliphatic heterocycles. The Bertz CT molecular complexity index is 924. The summed E-state index contributed by atoms with van der Waals surface area (Å²) in [5.41, 5.74) is -2.89. The first-order chi connectivity index (χ1) is 13.6. The minimum Gasteiger partial charge on any atom is -0.478 e. The Balaban J connectivity index is 3.68. The molecule has 0 saturated heterocycles. The molecule has 0 aliphatic rings. The van der Waals surface area contributed by atoms with Gasteiger partial charge >= 0.3 is 41.8 Å². The monoisotopic (exact) mass is 805 g/mol. The highest BCUT2D eigenvalue weighted by atomic mass is 127. The molecule has 0 aliphatic carbocycles. The molecular weight excluding hydrogens is 802 g/mol. The summed E-state index contributed by atoms with van der Waals surface area (Å²) in [5, 5.41) is 19.3. The Kier molecular flexibility index (Phi) is 8.06. The number of hydrogen-bond acceptors (Lipinski definition) is 3. The summed E-state index contributed by atoms with van der Waals surface area (Å²) in [6, 6.07) is 0. The maximum atomic E-state index is 13.8. The minimum absolute atomic E-state index is 0.468. The molecule has 0 fully saturated rings. The zero-order chi connectivity index (χ0) is 24.9. The van der Waals surface area contributed by atoms with E-state index in [4.69, 9.17) is 0 Å². The van der Waals surface area contributed by atoms with Gasteiger partial charge in [-0.15, -0.1) is 0 Å². The summed E-state index contributed by atoms with van der Waals surface area (Å²) in [5.74, 6) is -28.3. The average Bonchev–Trinajstić information content (AvgIpc) is 2.56. The number of rotatable bonds is 6. The molecular formula is C13H3F9I3NO5. The smallest absolute Gasteiger partial charge is 0.460 e. The molecule has 1 aromatic rings. The molecule has 1 amide bonds. The van der Waals surface area contributed by atoms with Gasteiger partial charge in [0.25, 0.3) is 0 Å². The van der Waals surface area contributed by atoms with Crippen molar-refractivity contribution in [3.63, 3.8) is 0 Å². The first-order valence-electron chi connectivity index (χ1n) is 6.83. The van der Waals surface area contributed by atoms with E-state index in [-0.39, 0.29) is 0 Å². The summed E-state index contributed by atoms with van der Waals surface area (Å²) < 4.78 is 115. The van der Waals surface area contributed by atoms with Crippen LogP contribution < -0.4 is 5.32 Å². The van der Waals surface area contributed by atoms with E-state index in [9.17, 15) is 64.1 Å². The van der Waals surface area contributed by atoms with Gasteiger partial charge in [-0.25, -0.2) is 9.59 Å². The second-order valence-electron chi connectivity index (χ2n) is 5.35. The van der Waals surface area contributed by atoms with E-state index in [0.717, 1.165) is 50.5 Å². The van der Waals surface area contributed by atoms with Gasteiger partial charge < -0.3 is 15.5 Å². The lowest BCUT2D eigenvalue weighted by Gasteiger charge is -2.32. The van der Waals surface area contributed by atoms with Crippen LogP contribution in [0.25, 0.3) is 0 Å². The summed E-state index contributed by atoms with van der Waals surface area (Å²) in [7, 11) is 0. The SMILES string of the molecule is O=C(O)c1c(I)c(NC(=O)C(F)(F)C(F)(F)C(F)(F)C(F)(F)F)c(I)c(C(=O)O)c1I. The number of hydrogen-bond donors (Lipinski definition) is 3. The molecule has 0 atom stereocenters. The predicted octanol–water partition coefficient (Wildman–Crippen LogP) is 5.30. The standard InChI is InChI=1S/C13H3F9I3NO5/c14-10(15,11(16,17)12(18,19)13(20,21)22)9(31)26-6-4(24)1(7(27)28)3(23)2(5(6)25)8(29)30/h(H,26,31)(H,27,28)(H,29,30). The van der Waals surface area contributed by atoms with E-state index in [0.29, 0.717) is 0 Å². The number of anilines is 1. The number of aromatic carboxylic acids is 2. The number of nitrogens with one attached hydrogen (secondary N) is 1. The van der Waals surface area contributed by atoms with Crippen LogP contribution in [0.5, 0.6) is 0 Å². The average molecular weight is 805 g/mol. The van der Waals surface area contributed by atoms with E-state index >= 15 is 0 Å². The highest BCUT2D eigenvalue weighted by Gasteiger charge is 2.83. The Labute approximate surface area is 205 Å². The number of alkyl halides is 9. The molecule has 6 nitrogen and oxygen atoms in total. The lowest BCUT2D eigenvalue weighted by molar-refractivity contribution is -0.388. The number of amides is 1. The molecule has 0 spiro atoms. The summed E-state index contributed by atoms with van der Waals surface area (Å²) >= 11 is 3.45. The van der Waals surface area contributed by atoms with Gasteiger partial charge in [0, 0.05) is 3.57 Å². The largest absolute Gasteiger partial charge is 0.478 e. The van der Waals surface area contributed by atoms with Crippen molar-refractivity contribution < 1.29 is 64.1 Å². The number of carbonyl (C=O) groups is 3. The van der Waals surface area contributed by atoms with Crippen molar-refractivity contribution in [3.8, 4) is 0 Å². The second-order valence-corrected chi connectivity index (χ2v) is 8.59. The third-order valence-corrected chi connectivity index (χ3v) is 6.65. The normalized spacial score (nSPS) is 13.2. The van der Waals surface area contributed by atoms with E-state index in [1.54, 1.807) is 0 Å². The fourth-order valence-corrected chi connectivity index (χ4v) is 6.22. The third kappa shape index (κ3) is 4.64. The fraction of sp³-hybridized carbons (Fsp3) is 0.308. The molecule has 31 heavy (non-hydrogen) atoms. The Hall–Kier alpha value is -0.810. The van der Waals surface area contributed by atoms with Crippen molar-refractivity contribution in [1.82, 2.24) is 0 Å². The third-order valence-electron chi connectivity index (χ3n) is 3.41. The number of benzene rings is 1. The molecule has 174 valence electrons. The van der Waals surface area contributed by atoms with Crippen LogP contribution in [0.4, 0.5) is 45.2 Å². The van der Waals surface area contributed by atoms with Gasteiger partial charge in [-0.3, -0.25) is 4.79 Å². The molecule has 0 aromatic heterocycles. The Morgan fingerprint density at radius 3 is 1.32 bits per heavy atom. The Morgan fingerprint density at radius 1 is 0.677 bits per heavy atom. The van der Waals surface area contributed by atoms with Crippen LogP contribution in [0.2, 0.25) is 0 Å². The van der Waals surface area contributed by atoms with Crippen LogP contribution in [0.15, 0.2) is 0 Å². The number of carbonyl (C=O) groups excluding carboxylic acids is 1. The van der Waals surface area contributed by atoms with Crippen LogP contribution in [-0.2, 0) is 4.79 Å². The molecule has 0 unspecified atom stereocenters. The molecule has 1 rings (SSSR count). The van der Waals surface area contributed by atoms with Gasteiger partial charge in [0.2, 0.25) is 0 Å². The highest BCUT2D eigenvalue weighted by molar-refractivity contribution is 14.1. The minimum atomic E-state index is -7.33. The summed E-state index contributed by atoms with van der Waals surface area (Å²) in [6.45, 7) is 0. The van der Waals surface area contributed by atoms with E-state index in [2.05, 4.69) is 0 Å². The summed E-state index contributed by atoms with van der Waals surface area (Å²) in [4.78, 5) is 34.4. The lowest BCUT2D eigenvalue weighted by atomic mass is 10.0. The maximum Gasteiger partial charge on any atom is 0.460 e. The lowest BCUT2D eigenvalue weighted by Crippen LogP contribution is -2.64. The highest BCUT2D eigenvalue weighted by Crippen LogP contribution is 2.53. The molecule has 0 bridgehead atoms. The number of halogens is 12. The van der Waals surface area contributed by atoms with Gasteiger partial charge in [-0.2, -0.15) is 39.5 Å². The molecule has 3 N–H and O–H groups in total. The van der Waals surface area contributed by atoms with Crippen LogP contribution in [0.3, 0.4) is 0 Å². The molecule has 1 aromatic carbocycles. The van der Waals surface area contributed by atoms with Crippen LogP contribution >= 0.6 is 67.8 Å². The first kappa shape index (κ1) is 28.2. The van der Waals surface area contributed by atoms with Crippen molar-refractivity contribution in [1.29, 1.82) is 0 Å². The van der Waals surface area contributed by atoms with Gasteiger partial charge in [0.05, 0.1) is 24.0 Å². The zero-order valence-electron chi connectivity index (χ0n) is 13.7. The van der Waals surface area contributed by atoms with Crippen molar-refractivity contribution >= 4 is 91.3 Å². The maximum absolute atomic E-state index is 13.8. The van der Waals surface area contributed by atoms with Crippen molar-refractivity contribution in [2.45, 2.75) is 23.9 Å². The fourth-order valence-electron chi connectivity index (χ4n) is 1.86. The van der Waals surface area contributed by atoms with Crippen molar-refractivity contribution in [2.24, 2.45) is 0 Å². The molecule has 0 heterocycles. The van der Waals surface area contributed by atoms with Gasteiger partial charge in [-0.1, -0.05) is 0 Å². The Morgan fingerprint density at radius 2 is 1.03 bits per heavy atom. The van der Waals surface area contributed by atoms with E-state index < -0.39 is 69.3 Å². The molecule has 18 heteroatoms. The van der Waals surface area contributed by atoms with Crippen molar-refractivity contribution in [2.75, 3.05) is 5.32 Å². The zero-order valence-corrected chi connectivity index (χ0v) is 20.1. The molecule has 0 saturated carbocycles. The van der Waals surface area contributed by atoms with Crippen LogP contribution in [0, 0.1) is 10.7 Å². The predicted molar refractivity (Wildman–Crippen MR) is 108 cm³/mol. The number of carboxylic acids is 2.